The third kappa shape index (κ3) is 3.46. The van der Waals surface area contributed by atoms with Gasteiger partial charge in [-0.2, -0.15) is 8.42 Å². The Labute approximate surface area is 161 Å². The lowest BCUT2D eigenvalue weighted by Crippen LogP contribution is -2.41. The zero-order valence-electron chi connectivity index (χ0n) is 14.8. The van der Waals surface area contributed by atoms with Crippen molar-refractivity contribution in [3.8, 4) is 0 Å². The average Bonchev–Trinajstić information content (AvgIpc) is 3.24. The topological polar surface area (TPSA) is 105 Å². The summed E-state index contributed by atoms with van der Waals surface area (Å²) in [6.07, 6.45) is 2.05. The van der Waals surface area contributed by atoms with Crippen molar-refractivity contribution >= 4 is 38.2 Å². The Kier molecular flexibility index (Phi) is 4.68. The molecule has 142 valence electrons. The number of nitrogens with zero attached hydrogens (tertiary/aromatic N) is 4. The fourth-order valence-electron chi connectivity index (χ4n) is 3.32. The molecule has 0 unspecified atom stereocenters. The number of aromatic nitrogens is 2. The molecule has 2 aliphatic rings. The van der Waals surface area contributed by atoms with E-state index in [1.165, 1.54) is 11.3 Å². The summed E-state index contributed by atoms with van der Waals surface area (Å²) in [4.78, 5) is 14.7. The average molecular weight is 406 g/mol. The number of hydrogen-bond donors (Lipinski definition) is 1. The van der Waals surface area contributed by atoms with E-state index in [9.17, 15) is 13.2 Å². The molecular weight excluding hydrogens is 386 g/mol. The van der Waals surface area contributed by atoms with Crippen LogP contribution in [-0.4, -0.2) is 48.3 Å². The Bertz CT molecular complexity index is 1010. The van der Waals surface area contributed by atoms with Crippen LogP contribution in [0.5, 0.6) is 0 Å². The lowest BCUT2D eigenvalue weighted by Gasteiger charge is -2.32. The van der Waals surface area contributed by atoms with Crippen molar-refractivity contribution in [3.05, 3.63) is 34.8 Å². The lowest BCUT2D eigenvalue weighted by atomic mass is 9.95. The molecule has 0 aliphatic carbocycles. The molecule has 27 heavy (non-hydrogen) atoms. The van der Waals surface area contributed by atoms with Crippen molar-refractivity contribution in [2.45, 2.75) is 31.1 Å². The van der Waals surface area contributed by atoms with Crippen molar-refractivity contribution in [1.29, 1.82) is 0 Å². The SMILES string of the molecule is CCc1nnc(NC(=O)C2CCN(C3=NS(=O)(=O)c4ccccc43)CC2)s1. The summed E-state index contributed by atoms with van der Waals surface area (Å²) in [6, 6.07) is 6.86. The van der Waals surface area contributed by atoms with Crippen LogP contribution in [0, 0.1) is 5.92 Å². The minimum Gasteiger partial charge on any atom is -0.355 e. The Morgan fingerprint density at radius 1 is 1.26 bits per heavy atom. The van der Waals surface area contributed by atoms with Crippen molar-refractivity contribution in [2.75, 3.05) is 18.4 Å². The van der Waals surface area contributed by atoms with Gasteiger partial charge in [-0.05, 0) is 31.4 Å². The number of piperidine rings is 1. The molecule has 0 bridgehead atoms. The smallest absolute Gasteiger partial charge is 0.285 e. The van der Waals surface area contributed by atoms with Gasteiger partial charge in [-0.1, -0.05) is 30.4 Å². The van der Waals surface area contributed by atoms with Gasteiger partial charge >= 0.3 is 0 Å². The molecule has 1 saturated heterocycles. The van der Waals surface area contributed by atoms with Gasteiger partial charge in [0.2, 0.25) is 11.0 Å². The van der Waals surface area contributed by atoms with E-state index in [-0.39, 0.29) is 16.7 Å². The normalized spacial score (nSPS) is 18.9. The molecule has 4 rings (SSSR count). The molecule has 2 aromatic rings. The predicted octanol–water partition coefficient (Wildman–Crippen LogP) is 1.90. The van der Waals surface area contributed by atoms with Gasteiger partial charge in [-0.15, -0.1) is 14.6 Å². The van der Waals surface area contributed by atoms with E-state index in [0.29, 0.717) is 42.5 Å². The van der Waals surface area contributed by atoms with Gasteiger partial charge in [0, 0.05) is 24.6 Å². The van der Waals surface area contributed by atoms with Gasteiger partial charge in [0.1, 0.15) is 9.90 Å². The molecule has 1 aromatic carbocycles. The first-order valence-electron chi connectivity index (χ1n) is 8.80. The molecule has 0 atom stereocenters. The molecule has 1 fully saturated rings. The van der Waals surface area contributed by atoms with Gasteiger partial charge < -0.3 is 10.2 Å². The third-order valence-electron chi connectivity index (χ3n) is 4.78. The van der Waals surface area contributed by atoms with E-state index in [1.54, 1.807) is 18.2 Å². The van der Waals surface area contributed by atoms with E-state index in [4.69, 9.17) is 0 Å². The molecule has 2 aliphatic heterocycles. The molecule has 3 heterocycles. The molecule has 0 saturated carbocycles. The predicted molar refractivity (Wildman–Crippen MR) is 102 cm³/mol. The minimum atomic E-state index is -3.62. The highest BCUT2D eigenvalue weighted by Crippen LogP contribution is 2.30. The fourth-order valence-corrected chi connectivity index (χ4v) is 5.23. The lowest BCUT2D eigenvalue weighted by molar-refractivity contribution is -0.120. The number of sulfonamides is 1. The van der Waals surface area contributed by atoms with Crippen LogP contribution in [0.1, 0.15) is 30.3 Å². The number of fused-ring (bicyclic) bond motifs is 1. The first kappa shape index (κ1) is 18.1. The standard InChI is InChI=1S/C17H19N5O3S2/c1-2-14-19-20-17(26-14)18-16(23)11-7-9-22(10-8-11)15-12-5-3-4-6-13(12)27(24,25)21-15/h3-6,11H,2,7-10H2,1H3,(H,18,20,23). The number of benzene rings is 1. The Morgan fingerprint density at radius 2 is 2.00 bits per heavy atom. The summed E-state index contributed by atoms with van der Waals surface area (Å²) in [5, 5.41) is 12.2. The van der Waals surface area contributed by atoms with Crippen LogP contribution >= 0.6 is 11.3 Å². The zero-order valence-corrected chi connectivity index (χ0v) is 16.4. The molecule has 0 spiro atoms. The van der Waals surface area contributed by atoms with E-state index in [1.807, 2.05) is 17.9 Å². The van der Waals surface area contributed by atoms with Crippen LogP contribution in [-0.2, 0) is 21.2 Å². The van der Waals surface area contributed by atoms with Crippen LogP contribution in [0.15, 0.2) is 33.6 Å². The van der Waals surface area contributed by atoms with Crippen LogP contribution in [0.25, 0.3) is 0 Å². The minimum absolute atomic E-state index is 0.0603. The molecule has 1 aromatic heterocycles. The molecule has 1 N–H and O–H groups in total. The molecule has 8 nitrogen and oxygen atoms in total. The zero-order chi connectivity index (χ0) is 19.0. The second-order valence-electron chi connectivity index (χ2n) is 6.49. The monoisotopic (exact) mass is 405 g/mol. The van der Waals surface area contributed by atoms with Crippen molar-refractivity contribution in [1.82, 2.24) is 15.1 Å². The number of carbonyl (C=O) groups excluding carboxylic acids is 1. The number of amides is 1. The summed E-state index contributed by atoms with van der Waals surface area (Å²) < 4.78 is 28.4. The number of rotatable bonds is 3. The third-order valence-corrected chi connectivity index (χ3v) is 7.09. The van der Waals surface area contributed by atoms with E-state index < -0.39 is 10.0 Å². The second kappa shape index (κ2) is 7.01. The highest BCUT2D eigenvalue weighted by Gasteiger charge is 2.34. The van der Waals surface area contributed by atoms with Gasteiger partial charge in [0.05, 0.1) is 0 Å². The number of nitrogens with one attached hydrogen (secondary N) is 1. The molecule has 0 radical (unpaired) electrons. The van der Waals surface area contributed by atoms with E-state index in [0.717, 1.165) is 11.4 Å². The molecule has 1 amide bonds. The van der Waals surface area contributed by atoms with Gasteiger partial charge in [-0.3, -0.25) is 4.79 Å². The summed E-state index contributed by atoms with van der Waals surface area (Å²) in [6.45, 7) is 3.15. The Balaban J connectivity index is 1.41. The summed E-state index contributed by atoms with van der Waals surface area (Å²) in [5.74, 6) is 0.292. The van der Waals surface area contributed by atoms with Crippen molar-refractivity contribution < 1.29 is 13.2 Å². The van der Waals surface area contributed by atoms with Gasteiger partial charge in [0.25, 0.3) is 10.0 Å². The van der Waals surface area contributed by atoms with Crippen LogP contribution < -0.4 is 5.32 Å². The van der Waals surface area contributed by atoms with Gasteiger partial charge in [0.15, 0.2) is 5.84 Å². The van der Waals surface area contributed by atoms with Crippen LogP contribution in [0.3, 0.4) is 0 Å². The number of amidine groups is 1. The number of aryl methyl sites for hydroxylation is 1. The van der Waals surface area contributed by atoms with Crippen molar-refractivity contribution in [3.63, 3.8) is 0 Å². The number of likely N-dealkylation sites (tertiary alicyclic amines) is 1. The quantitative estimate of drug-likeness (QED) is 0.836. The Hall–Kier alpha value is -2.33. The molecular formula is C17H19N5O3S2. The first-order chi connectivity index (χ1) is 13.0. The van der Waals surface area contributed by atoms with Crippen LogP contribution in [0.2, 0.25) is 0 Å². The largest absolute Gasteiger partial charge is 0.355 e. The fraction of sp³-hybridized carbons (Fsp3) is 0.412. The van der Waals surface area contributed by atoms with E-state index in [2.05, 4.69) is 19.9 Å². The number of anilines is 1. The highest BCUT2D eigenvalue weighted by molar-refractivity contribution is 7.90. The van der Waals surface area contributed by atoms with Crippen LogP contribution in [0.4, 0.5) is 5.13 Å². The maximum atomic E-state index is 12.5. The summed E-state index contributed by atoms with van der Waals surface area (Å²) >= 11 is 1.39. The van der Waals surface area contributed by atoms with Gasteiger partial charge in [-0.25, -0.2) is 0 Å². The second-order valence-corrected chi connectivity index (χ2v) is 9.13. The summed E-state index contributed by atoms with van der Waals surface area (Å²) in [5.41, 5.74) is 0.640. The van der Waals surface area contributed by atoms with Crippen molar-refractivity contribution in [2.24, 2.45) is 10.3 Å². The number of hydrogen-bond acceptors (Lipinski definition) is 7. The summed E-state index contributed by atoms with van der Waals surface area (Å²) in [7, 11) is -3.62. The first-order valence-corrected chi connectivity index (χ1v) is 11.1. The number of carbonyl (C=O) groups is 1. The Morgan fingerprint density at radius 3 is 2.70 bits per heavy atom. The molecule has 10 heteroatoms. The highest BCUT2D eigenvalue weighted by atomic mass is 32.2. The van der Waals surface area contributed by atoms with E-state index >= 15 is 0 Å². The maximum Gasteiger partial charge on any atom is 0.285 e. The maximum absolute atomic E-state index is 12.5.